The summed E-state index contributed by atoms with van der Waals surface area (Å²) in [4.78, 5) is 0. The predicted octanol–water partition coefficient (Wildman–Crippen LogP) is -0.130. The molecule has 0 atom stereocenters. The third-order valence-corrected chi connectivity index (χ3v) is 0. The molecule has 0 saturated heterocycles. The first-order valence-electron chi connectivity index (χ1n) is 0. The van der Waals surface area contributed by atoms with Crippen molar-refractivity contribution < 1.29 is 33.6 Å². The van der Waals surface area contributed by atoms with Gasteiger partial charge in [-0.1, -0.05) is 7.43 Å². The maximum absolute atomic E-state index is 0. The summed E-state index contributed by atoms with van der Waals surface area (Å²) in [6.45, 7) is 0. The fraction of sp³-hybridized carbons (Fsp3) is 1.00. The Morgan fingerprint density at radius 1 is 1.00 bits per heavy atom. The molecule has 0 saturated carbocycles. The summed E-state index contributed by atoms with van der Waals surface area (Å²) in [5.74, 6) is 0. The van der Waals surface area contributed by atoms with E-state index >= 15 is 0 Å². The fourth-order valence-electron chi connectivity index (χ4n) is 0. The van der Waals surface area contributed by atoms with Crippen LogP contribution in [0.1, 0.15) is 7.43 Å². The Bertz CT molecular complexity index is 11.6. The minimum Gasteiger partial charge on any atom is -0.0776 e. The second-order valence-electron chi connectivity index (χ2n) is 0. The maximum atomic E-state index is 0. The molecule has 0 unspecified atom stereocenters. The average Bonchev–Trinajstić information content (AvgIpc) is 0. The Labute approximate surface area is 76.6 Å². The normalized spacial score (nSPS) is 0. The minimum absolute atomic E-state index is 0. The Morgan fingerprint density at radius 2 is 1.00 bits per heavy atom. The van der Waals surface area contributed by atoms with Gasteiger partial charge in [0, 0.05) is 69.8 Å². The van der Waals surface area contributed by atoms with Crippen molar-refractivity contribution >= 4 is 36.2 Å². The molecular formula is CH4AlLiMnNi. The van der Waals surface area contributed by atoms with Crippen LogP contribution in [0.2, 0.25) is 0 Å². The van der Waals surface area contributed by atoms with Crippen LogP contribution in [0.25, 0.3) is 0 Å². The van der Waals surface area contributed by atoms with Gasteiger partial charge in [0.05, 0.1) is 0 Å². The van der Waals surface area contributed by atoms with Crippen molar-refractivity contribution in [1.29, 1.82) is 0 Å². The van der Waals surface area contributed by atoms with Crippen molar-refractivity contribution in [2.45, 2.75) is 7.43 Å². The van der Waals surface area contributed by atoms with E-state index in [0.717, 1.165) is 0 Å². The van der Waals surface area contributed by atoms with Gasteiger partial charge in [-0.05, 0) is 0 Å². The molecular weight excluding hydrogens is 160 g/mol. The molecule has 29 valence electrons. The second-order valence-corrected chi connectivity index (χ2v) is 0. The van der Waals surface area contributed by atoms with E-state index < -0.39 is 0 Å². The molecule has 0 heterocycles. The van der Waals surface area contributed by atoms with Gasteiger partial charge in [0.25, 0.3) is 0 Å². The third-order valence-electron chi connectivity index (χ3n) is 0. The molecule has 0 rings (SSSR count). The summed E-state index contributed by atoms with van der Waals surface area (Å²) in [6.07, 6.45) is 0. The zero-order valence-corrected chi connectivity index (χ0v) is 5.59. The molecule has 0 aliphatic rings. The zero-order valence-electron chi connectivity index (χ0n) is 2.27. The van der Waals surface area contributed by atoms with E-state index in [9.17, 15) is 0 Å². The van der Waals surface area contributed by atoms with Crippen molar-refractivity contribution in [2.75, 3.05) is 0 Å². The van der Waals surface area contributed by atoms with Gasteiger partial charge in [0.1, 0.15) is 0 Å². The number of hydrogen-bond donors (Lipinski definition) is 0. The van der Waals surface area contributed by atoms with Crippen LogP contribution < -0.4 is 0 Å². The monoisotopic (exact) mass is 163 g/mol. The smallest absolute Gasteiger partial charge is 0 e. The first kappa shape index (κ1) is 58.7. The van der Waals surface area contributed by atoms with Crippen molar-refractivity contribution in [3.63, 3.8) is 0 Å². The van der Waals surface area contributed by atoms with Crippen LogP contribution >= 0.6 is 0 Å². The topological polar surface area (TPSA) is 0 Å². The summed E-state index contributed by atoms with van der Waals surface area (Å²) in [7, 11) is 0. The summed E-state index contributed by atoms with van der Waals surface area (Å²) < 4.78 is 0. The van der Waals surface area contributed by atoms with Crippen LogP contribution in [0.5, 0.6) is 0 Å². The van der Waals surface area contributed by atoms with E-state index in [2.05, 4.69) is 0 Å². The molecule has 0 aliphatic carbocycles. The first-order valence-corrected chi connectivity index (χ1v) is 0. The van der Waals surface area contributed by atoms with E-state index in [-0.39, 0.29) is 77.2 Å². The van der Waals surface area contributed by atoms with Crippen molar-refractivity contribution in [3.05, 3.63) is 0 Å². The molecule has 0 nitrogen and oxygen atoms in total. The molecule has 0 aromatic rings. The van der Waals surface area contributed by atoms with E-state index in [1.54, 1.807) is 0 Å². The van der Waals surface area contributed by atoms with E-state index in [4.69, 9.17) is 0 Å². The van der Waals surface area contributed by atoms with Gasteiger partial charge in [0.15, 0.2) is 0 Å². The molecule has 0 aromatic carbocycles. The average molecular weight is 164 g/mol. The minimum atomic E-state index is 0. The van der Waals surface area contributed by atoms with Crippen LogP contribution in [-0.4, -0.2) is 36.2 Å². The largest absolute Gasteiger partial charge is 0.0776 e. The second kappa shape index (κ2) is 35.4. The summed E-state index contributed by atoms with van der Waals surface area (Å²) in [6, 6.07) is 0. The van der Waals surface area contributed by atoms with Crippen molar-refractivity contribution in [2.24, 2.45) is 0 Å². The van der Waals surface area contributed by atoms with Crippen LogP contribution in [0.15, 0.2) is 0 Å². The van der Waals surface area contributed by atoms with Crippen molar-refractivity contribution in [3.8, 4) is 0 Å². The number of hydrogen-bond acceptors (Lipinski definition) is 0. The molecule has 0 N–H and O–H groups in total. The van der Waals surface area contributed by atoms with E-state index in [1.807, 2.05) is 0 Å². The third kappa shape index (κ3) is 23.0. The maximum Gasteiger partial charge on any atom is 0 e. The Balaban J connectivity index is 0. The van der Waals surface area contributed by atoms with Gasteiger partial charge < -0.3 is 0 Å². The molecule has 5 heavy (non-hydrogen) atoms. The van der Waals surface area contributed by atoms with Gasteiger partial charge in [-0.2, -0.15) is 0 Å². The van der Waals surface area contributed by atoms with Gasteiger partial charge >= 0.3 is 0 Å². The molecule has 5 radical (unpaired) electrons. The fourth-order valence-corrected chi connectivity index (χ4v) is 0. The molecule has 0 bridgehead atoms. The summed E-state index contributed by atoms with van der Waals surface area (Å²) in [5, 5.41) is 0. The van der Waals surface area contributed by atoms with Gasteiger partial charge in [-0.25, -0.2) is 0 Å². The molecule has 0 aliphatic heterocycles. The van der Waals surface area contributed by atoms with Crippen LogP contribution in [-0.2, 0) is 33.6 Å². The predicted molar refractivity (Wildman–Crippen MR) is 18.2 cm³/mol. The van der Waals surface area contributed by atoms with Crippen LogP contribution in [0.3, 0.4) is 0 Å². The SMILES string of the molecule is C.[Al].[Li].[Mn].[Ni]. The molecule has 0 spiro atoms. The zero-order chi connectivity index (χ0) is 0. The standard InChI is InChI=1S/CH4.Al.Li.Mn.Ni/h1H4;;;;. The van der Waals surface area contributed by atoms with Gasteiger partial charge in [0.2, 0.25) is 0 Å². The Kier molecular flexibility index (Phi) is 415. The Hall–Kier alpha value is 2.14. The molecule has 4 heteroatoms. The number of rotatable bonds is 0. The molecule has 0 aromatic heterocycles. The van der Waals surface area contributed by atoms with Crippen molar-refractivity contribution in [1.82, 2.24) is 0 Å². The molecule has 0 amide bonds. The summed E-state index contributed by atoms with van der Waals surface area (Å²) in [5.41, 5.74) is 0. The quantitative estimate of drug-likeness (QED) is 0.437. The van der Waals surface area contributed by atoms with Gasteiger partial charge in [-0.15, -0.1) is 0 Å². The van der Waals surface area contributed by atoms with Gasteiger partial charge in [-0.3, -0.25) is 0 Å². The first-order chi connectivity index (χ1) is 0. The summed E-state index contributed by atoms with van der Waals surface area (Å²) >= 11 is 0. The van der Waals surface area contributed by atoms with Crippen LogP contribution in [0, 0.1) is 0 Å². The Morgan fingerprint density at radius 3 is 1.00 bits per heavy atom. The van der Waals surface area contributed by atoms with E-state index in [0.29, 0.717) is 0 Å². The van der Waals surface area contributed by atoms with E-state index in [1.165, 1.54) is 0 Å². The van der Waals surface area contributed by atoms with Crippen LogP contribution in [0.4, 0.5) is 0 Å². The molecule has 0 fully saturated rings.